The van der Waals surface area contributed by atoms with Gasteiger partial charge in [-0.1, -0.05) is 41.0 Å². The number of esters is 1. The van der Waals surface area contributed by atoms with Gasteiger partial charge in [0.15, 0.2) is 0 Å². The maximum atomic E-state index is 14.3. The van der Waals surface area contributed by atoms with Crippen LogP contribution in [-0.4, -0.2) is 105 Å². The van der Waals surface area contributed by atoms with Crippen LogP contribution in [0, 0.1) is 52.8 Å². The molecular formula is C37H57F5N4O7. The molecule has 2 rings (SSSR count). The van der Waals surface area contributed by atoms with Gasteiger partial charge < -0.3 is 34.6 Å². The van der Waals surface area contributed by atoms with Gasteiger partial charge in [-0.15, -0.1) is 0 Å². The Balaban J connectivity index is 2.29. The van der Waals surface area contributed by atoms with Crippen molar-refractivity contribution >= 4 is 23.7 Å². The third kappa shape index (κ3) is 11.1. The Kier molecular flexibility index (Phi) is 18.1. The van der Waals surface area contributed by atoms with Crippen molar-refractivity contribution < 1.29 is 55.3 Å². The Labute approximate surface area is 309 Å². The number of benzene rings is 1. The molecule has 0 bridgehead atoms. The molecule has 0 spiro atoms. The van der Waals surface area contributed by atoms with Crippen molar-refractivity contribution in [3.63, 3.8) is 0 Å². The third-order valence-electron chi connectivity index (χ3n) is 10.3. The number of methoxy groups -OCH3 is 2. The summed E-state index contributed by atoms with van der Waals surface area (Å²) in [5.41, 5.74) is 0. The van der Waals surface area contributed by atoms with Crippen LogP contribution in [0.5, 0.6) is 5.75 Å². The fraction of sp³-hybridized carbons (Fsp3) is 0.730. The van der Waals surface area contributed by atoms with E-state index in [4.69, 9.17) is 9.47 Å². The molecule has 53 heavy (non-hydrogen) atoms. The average Bonchev–Trinajstić information content (AvgIpc) is 3.62. The first kappa shape index (κ1) is 45.8. The maximum Gasteiger partial charge on any atom is 0.316 e. The van der Waals surface area contributed by atoms with Gasteiger partial charge in [0.1, 0.15) is 6.04 Å². The highest BCUT2D eigenvalue weighted by molar-refractivity contribution is 5.89. The van der Waals surface area contributed by atoms with Crippen LogP contribution in [0.25, 0.3) is 0 Å². The normalized spacial score (nSPS) is 18.6. The number of carbonyl (C=O) groups excluding carboxylic acids is 4. The highest BCUT2D eigenvalue weighted by atomic mass is 19.2. The van der Waals surface area contributed by atoms with Crippen LogP contribution in [0.15, 0.2) is 0 Å². The number of nitrogens with zero attached hydrogens (tertiary/aromatic N) is 2. The smallest absolute Gasteiger partial charge is 0.316 e. The molecule has 0 radical (unpaired) electrons. The summed E-state index contributed by atoms with van der Waals surface area (Å²) < 4.78 is 85.7. The lowest BCUT2D eigenvalue weighted by Crippen LogP contribution is -2.58. The Morgan fingerprint density at radius 3 is 2.02 bits per heavy atom. The lowest BCUT2D eigenvalue weighted by Gasteiger charge is -2.41. The van der Waals surface area contributed by atoms with Gasteiger partial charge in [0, 0.05) is 33.7 Å². The van der Waals surface area contributed by atoms with Crippen LogP contribution in [0.3, 0.4) is 0 Å². The van der Waals surface area contributed by atoms with Crippen molar-refractivity contribution in [1.29, 1.82) is 0 Å². The molecule has 1 fully saturated rings. The zero-order valence-corrected chi connectivity index (χ0v) is 32.5. The van der Waals surface area contributed by atoms with Gasteiger partial charge in [0.25, 0.3) is 0 Å². The quantitative estimate of drug-likeness (QED) is 0.0476. The van der Waals surface area contributed by atoms with Gasteiger partial charge >= 0.3 is 5.97 Å². The van der Waals surface area contributed by atoms with Crippen molar-refractivity contribution in [2.45, 2.75) is 110 Å². The second-order valence-corrected chi connectivity index (χ2v) is 14.3. The van der Waals surface area contributed by atoms with Crippen LogP contribution in [-0.2, 0) is 28.7 Å². The molecule has 302 valence electrons. The van der Waals surface area contributed by atoms with Crippen LogP contribution in [0.1, 0.15) is 80.1 Å². The lowest BCUT2D eigenvalue weighted by atomic mass is 9.89. The number of hydrogen-bond acceptors (Lipinski definition) is 8. The molecule has 1 aliphatic rings. The van der Waals surface area contributed by atoms with Gasteiger partial charge in [-0.05, 0) is 58.0 Å². The monoisotopic (exact) mass is 764 g/mol. The van der Waals surface area contributed by atoms with E-state index in [-0.39, 0.29) is 48.4 Å². The van der Waals surface area contributed by atoms with E-state index >= 15 is 0 Å². The summed E-state index contributed by atoms with van der Waals surface area (Å²) in [4.78, 5) is 57.2. The first-order valence-corrected chi connectivity index (χ1v) is 18.2. The predicted molar refractivity (Wildman–Crippen MR) is 187 cm³/mol. The molecule has 1 unspecified atom stereocenters. The highest BCUT2D eigenvalue weighted by Gasteiger charge is 2.44. The standard InChI is InChI=1S/C37H57F5N4O7/c1-11-20(4)32(45(8)36(49)31(19(2)3)44-35(48)21(5)14-12-16-43-7)24(51-9)18-25(47)46-17-13-15-23(46)33(52-10)22(6)37(50)53-34-29(41)27(39)26(38)28(40)30(34)42/h19-24,31-33,43H,11-18H2,1-10H3,(H,44,48)/t20-,21?,22+,23-,24+,31-,32-,33+/m0/s1. The maximum absolute atomic E-state index is 14.3. The SMILES string of the molecule is CC[C@H](C)[C@@H]([C@@H](CC(=O)N1CCC[C@H]1[C@H](OC)[C@@H](C)C(=O)Oc1c(F)c(F)c(F)c(F)c1F)OC)N(C)C(=O)[C@@H](NC(=O)C(C)CCCNC)C(C)C. The molecule has 2 N–H and O–H groups in total. The molecular weight excluding hydrogens is 707 g/mol. The summed E-state index contributed by atoms with van der Waals surface area (Å²) in [5.74, 6) is -17.5. The van der Waals surface area contributed by atoms with Crippen LogP contribution >= 0.6 is 0 Å². The highest BCUT2D eigenvalue weighted by Crippen LogP contribution is 2.33. The van der Waals surface area contributed by atoms with E-state index in [0.717, 1.165) is 13.0 Å². The minimum absolute atomic E-state index is 0.136. The fourth-order valence-electron chi connectivity index (χ4n) is 6.90. The van der Waals surface area contributed by atoms with Gasteiger partial charge in [0.2, 0.25) is 52.6 Å². The molecule has 1 aromatic rings. The van der Waals surface area contributed by atoms with Crippen molar-refractivity contribution in [2.24, 2.45) is 23.7 Å². The van der Waals surface area contributed by atoms with E-state index in [1.165, 1.54) is 26.0 Å². The lowest BCUT2D eigenvalue weighted by molar-refractivity contribution is -0.151. The number of likely N-dealkylation sites (N-methyl/N-ethyl adjacent to an activating group) is 1. The van der Waals surface area contributed by atoms with Crippen LogP contribution < -0.4 is 15.4 Å². The number of ether oxygens (including phenoxy) is 3. The van der Waals surface area contributed by atoms with Crippen molar-refractivity contribution in [3.05, 3.63) is 29.1 Å². The molecule has 0 aliphatic carbocycles. The first-order valence-electron chi connectivity index (χ1n) is 18.2. The van der Waals surface area contributed by atoms with Gasteiger partial charge in [-0.3, -0.25) is 19.2 Å². The second kappa shape index (κ2) is 20.9. The van der Waals surface area contributed by atoms with Crippen molar-refractivity contribution in [3.8, 4) is 5.75 Å². The Bertz CT molecular complexity index is 1390. The third-order valence-corrected chi connectivity index (χ3v) is 10.3. The first-order chi connectivity index (χ1) is 24.9. The fourth-order valence-corrected chi connectivity index (χ4v) is 6.90. The van der Waals surface area contributed by atoms with Gasteiger partial charge in [0.05, 0.1) is 36.6 Å². The van der Waals surface area contributed by atoms with Crippen LogP contribution in [0.4, 0.5) is 22.0 Å². The van der Waals surface area contributed by atoms with Crippen molar-refractivity contribution in [1.82, 2.24) is 20.4 Å². The second-order valence-electron chi connectivity index (χ2n) is 14.3. The minimum atomic E-state index is -2.39. The van der Waals surface area contributed by atoms with E-state index in [1.807, 2.05) is 41.7 Å². The Morgan fingerprint density at radius 2 is 1.51 bits per heavy atom. The molecule has 8 atom stereocenters. The number of halogens is 5. The summed E-state index contributed by atoms with van der Waals surface area (Å²) in [6.07, 6.45) is 0.949. The summed E-state index contributed by atoms with van der Waals surface area (Å²) >= 11 is 0. The molecule has 0 aromatic heterocycles. The summed E-state index contributed by atoms with van der Waals surface area (Å²) in [7, 11) is 6.17. The molecule has 1 aromatic carbocycles. The largest absolute Gasteiger partial charge is 0.420 e. The molecule has 16 heteroatoms. The Hall–Kier alpha value is -3.37. The molecule has 0 saturated carbocycles. The summed E-state index contributed by atoms with van der Waals surface area (Å²) in [5, 5.41) is 5.99. The minimum Gasteiger partial charge on any atom is -0.420 e. The topological polar surface area (TPSA) is 127 Å². The Morgan fingerprint density at radius 1 is 0.925 bits per heavy atom. The van der Waals surface area contributed by atoms with E-state index in [1.54, 1.807) is 11.9 Å². The number of nitrogens with one attached hydrogen (secondary N) is 2. The average molecular weight is 765 g/mol. The van der Waals surface area contributed by atoms with E-state index in [2.05, 4.69) is 15.4 Å². The van der Waals surface area contributed by atoms with Gasteiger partial charge in [-0.2, -0.15) is 8.78 Å². The molecule has 3 amide bonds. The molecule has 1 aliphatic heterocycles. The number of amides is 3. The molecule has 1 saturated heterocycles. The zero-order valence-electron chi connectivity index (χ0n) is 32.5. The van der Waals surface area contributed by atoms with E-state index < -0.39 is 77.1 Å². The number of likely N-dealkylation sites (tertiary alicyclic amines) is 1. The van der Waals surface area contributed by atoms with Gasteiger partial charge in [-0.25, -0.2) is 13.2 Å². The van der Waals surface area contributed by atoms with Crippen molar-refractivity contribution in [2.75, 3.05) is 41.4 Å². The number of hydrogen-bond donors (Lipinski definition) is 2. The number of rotatable bonds is 20. The molecule has 11 nitrogen and oxygen atoms in total. The van der Waals surface area contributed by atoms with Crippen LogP contribution in [0.2, 0.25) is 0 Å². The zero-order chi connectivity index (χ0) is 40.3. The predicted octanol–water partition coefficient (Wildman–Crippen LogP) is 4.98. The number of carbonyl (C=O) groups is 4. The van der Waals surface area contributed by atoms with E-state index in [9.17, 15) is 41.1 Å². The van der Waals surface area contributed by atoms with E-state index in [0.29, 0.717) is 25.7 Å². The summed E-state index contributed by atoms with van der Waals surface area (Å²) in [6.45, 7) is 11.7. The molecule has 1 heterocycles. The summed E-state index contributed by atoms with van der Waals surface area (Å²) in [6, 6.07) is -2.13.